The van der Waals surface area contributed by atoms with Gasteiger partial charge in [0.25, 0.3) is 0 Å². The maximum atomic E-state index is 12.9. The molecule has 31 heavy (non-hydrogen) atoms. The van der Waals surface area contributed by atoms with E-state index in [0.29, 0.717) is 25.2 Å². The van der Waals surface area contributed by atoms with E-state index in [9.17, 15) is 35.9 Å². The molecule has 3 rings (SSSR count). The Bertz CT molecular complexity index is 919. The molecule has 0 radical (unpaired) electrons. The van der Waals surface area contributed by atoms with Crippen LogP contribution in [0.25, 0.3) is 0 Å². The van der Waals surface area contributed by atoms with Gasteiger partial charge in [0.15, 0.2) is 0 Å². The van der Waals surface area contributed by atoms with Gasteiger partial charge in [-0.05, 0) is 30.3 Å². The fraction of sp³-hybridized carbons (Fsp3) is 0.300. The first-order valence-electron chi connectivity index (χ1n) is 9.15. The smallest absolute Gasteiger partial charge is 0.368 e. The number of piperazine rings is 1. The number of amides is 2. The molecule has 1 saturated heterocycles. The highest BCUT2D eigenvalue weighted by atomic mass is 19.4. The van der Waals surface area contributed by atoms with Crippen LogP contribution in [0.4, 0.5) is 37.7 Å². The number of carbonyl (C=O) groups is 2. The van der Waals surface area contributed by atoms with E-state index >= 15 is 0 Å². The van der Waals surface area contributed by atoms with Gasteiger partial charge >= 0.3 is 24.2 Å². The normalized spacial score (nSPS) is 15.0. The quantitative estimate of drug-likeness (QED) is 0.562. The minimum atomic E-state index is -5.06. The van der Waals surface area contributed by atoms with Gasteiger partial charge in [-0.3, -0.25) is 9.59 Å². The summed E-state index contributed by atoms with van der Waals surface area (Å²) < 4.78 is 77.6. The van der Waals surface area contributed by atoms with Crippen molar-refractivity contribution < 1.29 is 35.9 Å². The number of para-hydroxylation sites is 1. The molecule has 2 aromatic carbocycles. The maximum Gasteiger partial charge on any atom is 0.416 e. The highest BCUT2D eigenvalue weighted by molar-refractivity contribution is 6.39. The minimum Gasteiger partial charge on any atom is -0.368 e. The number of nitrogens with one attached hydrogen (secondary N) is 1. The number of halogens is 6. The number of benzene rings is 2. The topological polar surface area (TPSA) is 52.7 Å². The summed E-state index contributed by atoms with van der Waals surface area (Å²) in [5, 5.41) is 1.86. The van der Waals surface area contributed by atoms with Crippen molar-refractivity contribution in [3.8, 4) is 0 Å². The van der Waals surface area contributed by atoms with Crippen molar-refractivity contribution in [2.75, 3.05) is 36.4 Å². The van der Waals surface area contributed by atoms with Crippen molar-refractivity contribution in [2.45, 2.75) is 12.4 Å². The van der Waals surface area contributed by atoms with Crippen LogP contribution in [0.1, 0.15) is 11.1 Å². The molecular formula is C20H17F6N3O2. The molecule has 0 unspecified atom stereocenters. The van der Waals surface area contributed by atoms with Crippen molar-refractivity contribution in [2.24, 2.45) is 0 Å². The summed E-state index contributed by atoms with van der Waals surface area (Å²) in [5.41, 5.74) is -2.99. The lowest BCUT2D eigenvalue weighted by molar-refractivity contribution is -0.143. The number of hydrogen-bond acceptors (Lipinski definition) is 3. The van der Waals surface area contributed by atoms with Crippen molar-refractivity contribution in [3.63, 3.8) is 0 Å². The fourth-order valence-electron chi connectivity index (χ4n) is 3.16. The Labute approximate surface area is 173 Å². The molecule has 0 saturated carbocycles. The van der Waals surface area contributed by atoms with Crippen LogP contribution in [0, 0.1) is 0 Å². The van der Waals surface area contributed by atoms with Gasteiger partial charge in [0.2, 0.25) is 0 Å². The molecule has 0 atom stereocenters. The van der Waals surface area contributed by atoms with Crippen LogP contribution in [0.2, 0.25) is 0 Å². The molecule has 2 aromatic rings. The van der Waals surface area contributed by atoms with Crippen molar-refractivity contribution in [1.82, 2.24) is 4.90 Å². The highest BCUT2D eigenvalue weighted by Crippen LogP contribution is 2.37. The van der Waals surface area contributed by atoms with E-state index in [1.165, 1.54) is 4.90 Å². The molecule has 0 bridgehead atoms. The minimum absolute atomic E-state index is 0.0553. The molecular weight excluding hydrogens is 428 g/mol. The molecule has 1 heterocycles. The number of nitrogens with zero attached hydrogens (tertiary/aromatic N) is 2. The molecule has 166 valence electrons. The first kappa shape index (κ1) is 22.4. The number of hydrogen-bond donors (Lipinski definition) is 1. The number of rotatable bonds is 2. The largest absolute Gasteiger partial charge is 0.416 e. The molecule has 5 nitrogen and oxygen atoms in total. The summed E-state index contributed by atoms with van der Waals surface area (Å²) in [6.45, 7) is 1.20. The second-order valence-corrected chi connectivity index (χ2v) is 6.86. The van der Waals surface area contributed by atoms with Crippen LogP contribution in [-0.4, -0.2) is 42.9 Å². The van der Waals surface area contributed by atoms with Gasteiger partial charge in [-0.1, -0.05) is 18.2 Å². The van der Waals surface area contributed by atoms with Crippen LogP contribution in [-0.2, 0) is 21.9 Å². The van der Waals surface area contributed by atoms with Crippen LogP contribution in [0.5, 0.6) is 0 Å². The lowest BCUT2D eigenvalue weighted by Gasteiger charge is -2.35. The molecule has 0 aromatic heterocycles. The first-order valence-corrected chi connectivity index (χ1v) is 9.15. The van der Waals surface area contributed by atoms with Gasteiger partial charge in [0.05, 0.1) is 11.1 Å². The van der Waals surface area contributed by atoms with E-state index in [2.05, 4.69) is 0 Å². The number of carbonyl (C=O) groups excluding carboxylic acids is 2. The Hall–Kier alpha value is -3.24. The monoisotopic (exact) mass is 445 g/mol. The Morgan fingerprint density at radius 2 is 1.29 bits per heavy atom. The maximum absolute atomic E-state index is 12.9. The Balaban J connectivity index is 1.69. The van der Waals surface area contributed by atoms with Gasteiger partial charge in [0.1, 0.15) is 0 Å². The summed E-state index contributed by atoms with van der Waals surface area (Å²) in [6, 6.07) is 9.98. The van der Waals surface area contributed by atoms with Crippen molar-refractivity contribution in [3.05, 3.63) is 59.7 Å². The third-order valence-electron chi connectivity index (χ3n) is 4.73. The van der Waals surface area contributed by atoms with E-state index in [1.54, 1.807) is 0 Å². The standard InChI is InChI=1S/C20H17F6N3O2/c21-19(22,23)13-10-14(20(24,25)26)12-15(11-13)27-17(30)18(31)29-8-6-28(7-9-29)16-4-2-1-3-5-16/h1-5,10-12H,6-9H2,(H,27,30). The Kier molecular flexibility index (Phi) is 6.14. The summed E-state index contributed by atoms with van der Waals surface area (Å²) in [4.78, 5) is 27.8. The number of anilines is 2. The third-order valence-corrected chi connectivity index (χ3v) is 4.73. The average molecular weight is 445 g/mol. The predicted octanol–water partition coefficient (Wildman–Crippen LogP) is 4.01. The Morgan fingerprint density at radius 3 is 1.77 bits per heavy atom. The van der Waals surface area contributed by atoms with Gasteiger partial charge in [-0.2, -0.15) is 26.3 Å². The summed E-state index contributed by atoms with van der Waals surface area (Å²) in [6.07, 6.45) is -10.1. The second-order valence-electron chi connectivity index (χ2n) is 6.86. The zero-order valence-corrected chi connectivity index (χ0v) is 15.9. The van der Waals surface area contributed by atoms with E-state index in [-0.39, 0.29) is 19.2 Å². The van der Waals surface area contributed by atoms with E-state index in [4.69, 9.17) is 0 Å². The predicted molar refractivity (Wildman–Crippen MR) is 100 cm³/mol. The van der Waals surface area contributed by atoms with Crippen LogP contribution >= 0.6 is 0 Å². The van der Waals surface area contributed by atoms with Gasteiger partial charge in [-0.15, -0.1) is 0 Å². The fourth-order valence-corrected chi connectivity index (χ4v) is 3.16. The van der Waals surface area contributed by atoms with E-state index in [0.717, 1.165) is 5.69 Å². The van der Waals surface area contributed by atoms with E-state index < -0.39 is 41.0 Å². The molecule has 1 aliphatic rings. The molecule has 0 spiro atoms. The number of alkyl halides is 6. The second kappa shape index (κ2) is 8.48. The molecule has 0 aliphatic carbocycles. The molecule has 1 aliphatic heterocycles. The van der Waals surface area contributed by atoms with Gasteiger partial charge in [-0.25, -0.2) is 0 Å². The third kappa shape index (κ3) is 5.47. The summed E-state index contributed by atoms with van der Waals surface area (Å²) >= 11 is 0. The zero-order chi connectivity index (χ0) is 22.8. The molecule has 1 N–H and O–H groups in total. The van der Waals surface area contributed by atoms with Gasteiger partial charge < -0.3 is 15.1 Å². The van der Waals surface area contributed by atoms with Crippen molar-refractivity contribution in [1.29, 1.82) is 0 Å². The summed E-state index contributed by atoms with van der Waals surface area (Å²) in [5.74, 6) is -2.33. The molecule has 1 fully saturated rings. The van der Waals surface area contributed by atoms with Crippen molar-refractivity contribution >= 4 is 23.2 Å². The summed E-state index contributed by atoms with van der Waals surface area (Å²) in [7, 11) is 0. The lowest BCUT2D eigenvalue weighted by atomic mass is 10.1. The van der Waals surface area contributed by atoms with Crippen LogP contribution in [0.3, 0.4) is 0 Å². The lowest BCUT2D eigenvalue weighted by Crippen LogP contribution is -2.51. The molecule has 2 amide bonds. The van der Waals surface area contributed by atoms with Gasteiger partial charge in [0, 0.05) is 37.6 Å². The highest BCUT2D eigenvalue weighted by Gasteiger charge is 2.37. The Morgan fingerprint density at radius 1 is 0.774 bits per heavy atom. The average Bonchev–Trinajstić information content (AvgIpc) is 2.72. The van der Waals surface area contributed by atoms with E-state index in [1.807, 2.05) is 40.5 Å². The SMILES string of the molecule is O=C(Nc1cc(C(F)(F)F)cc(C(F)(F)F)c1)C(=O)N1CCN(c2ccccc2)CC1. The zero-order valence-electron chi connectivity index (χ0n) is 15.9. The first-order chi connectivity index (χ1) is 14.4. The van der Waals surface area contributed by atoms with Crippen LogP contribution in [0.15, 0.2) is 48.5 Å². The van der Waals surface area contributed by atoms with Crippen LogP contribution < -0.4 is 10.2 Å². The molecule has 11 heteroatoms.